The topological polar surface area (TPSA) is 197 Å². The summed E-state index contributed by atoms with van der Waals surface area (Å²) >= 11 is 0. The van der Waals surface area contributed by atoms with Gasteiger partial charge in [-0.25, -0.2) is 29.4 Å². The summed E-state index contributed by atoms with van der Waals surface area (Å²) in [4.78, 5) is 50.5. The largest absolute Gasteiger partial charge is 0.389 e. The Hall–Kier alpha value is -2.54. The number of thiol groups is 2. The zero-order valence-corrected chi connectivity index (χ0v) is 27.0. The van der Waals surface area contributed by atoms with Crippen LogP contribution < -0.4 is 21.6 Å². The van der Waals surface area contributed by atoms with E-state index in [9.17, 15) is 28.3 Å². The molecule has 42 heavy (non-hydrogen) atoms. The van der Waals surface area contributed by atoms with E-state index in [0.29, 0.717) is 36.7 Å². The molecule has 0 bridgehead atoms. The molecule has 0 spiro atoms. The van der Waals surface area contributed by atoms with Crippen LogP contribution >= 0.6 is 35.3 Å². The molecule has 6 atom stereocenters. The molecule has 0 aliphatic carbocycles. The molecule has 0 fully saturated rings. The molecule has 0 radical (unpaired) electrons. The molecule has 0 saturated carbocycles. The Balaban J connectivity index is 1.85. The second-order valence-corrected chi connectivity index (χ2v) is 19.8. The molecule has 0 aromatic heterocycles. The Morgan fingerprint density at radius 2 is 1.05 bits per heavy atom. The average molecular weight is 661 g/mol. The molecule has 0 aliphatic rings. The first-order valence-corrected chi connectivity index (χ1v) is 20.5. The van der Waals surface area contributed by atoms with Gasteiger partial charge in [0.15, 0.2) is 14.3 Å². The normalized spacial score (nSPS) is 16.5. The Morgan fingerprint density at radius 1 is 0.714 bits per heavy atom. The zero-order valence-electron chi connectivity index (χ0n) is 23.2. The minimum Gasteiger partial charge on any atom is -0.389 e. The Bertz CT molecular complexity index is 1190. The van der Waals surface area contributed by atoms with Crippen molar-refractivity contribution in [3.05, 3.63) is 72.8 Å². The number of esters is 4. The highest BCUT2D eigenvalue weighted by Gasteiger charge is 2.24. The quantitative estimate of drug-likeness (QED) is 0.0507. The van der Waals surface area contributed by atoms with Crippen molar-refractivity contribution in [1.29, 1.82) is 0 Å². The highest BCUT2D eigenvalue weighted by atomic mass is 32.8. The lowest BCUT2D eigenvalue weighted by molar-refractivity contribution is -0.159. The highest BCUT2D eigenvalue weighted by Crippen LogP contribution is 2.56. The molecular weight excluding hydrogens is 622 g/mol. The minimum absolute atomic E-state index is 0.316. The van der Waals surface area contributed by atoms with Gasteiger partial charge in [-0.2, -0.15) is 21.0 Å². The van der Waals surface area contributed by atoms with Gasteiger partial charge in [0.25, 0.3) is 0 Å². The van der Waals surface area contributed by atoms with Gasteiger partial charge >= 0.3 is 23.9 Å². The first kappa shape index (κ1) is 35.7. The maximum atomic E-state index is 12.9. The third kappa shape index (κ3) is 12.0. The number of benzene rings is 2. The first-order chi connectivity index (χ1) is 20.1. The van der Waals surface area contributed by atoms with E-state index in [1.807, 2.05) is 60.7 Å². The lowest BCUT2D eigenvalue weighted by Crippen LogP contribution is -2.33. The molecule has 2 rings (SSSR count). The predicted octanol–water partition coefficient (Wildman–Crippen LogP) is 2.46. The number of nitrogens with two attached hydrogens (primary N) is 2. The number of hydrogen-bond donors (Lipinski definition) is 6. The summed E-state index contributed by atoms with van der Waals surface area (Å²) in [5.41, 5.74) is 11.3. The van der Waals surface area contributed by atoms with Crippen molar-refractivity contribution in [2.24, 2.45) is 11.5 Å². The summed E-state index contributed by atoms with van der Waals surface area (Å²) in [5.74, 6) is -3.39. The van der Waals surface area contributed by atoms with Crippen molar-refractivity contribution in [1.82, 2.24) is 10.2 Å². The second kappa shape index (κ2) is 18.9. The Kier molecular flexibility index (Phi) is 16.0. The molecule has 0 heterocycles. The van der Waals surface area contributed by atoms with Crippen molar-refractivity contribution in [3.63, 3.8) is 0 Å². The molecule has 0 saturated heterocycles. The van der Waals surface area contributed by atoms with Crippen molar-refractivity contribution in [2.75, 3.05) is 24.6 Å². The van der Waals surface area contributed by atoms with E-state index >= 15 is 0 Å². The molecular formula is C26H38N4O8P2S2. The van der Waals surface area contributed by atoms with Crippen LogP contribution in [0.2, 0.25) is 0 Å². The summed E-state index contributed by atoms with van der Waals surface area (Å²) in [5, 5.41) is 5.42. The molecule has 6 N–H and O–H groups in total. The van der Waals surface area contributed by atoms with Gasteiger partial charge in [0.1, 0.15) is 12.1 Å². The third-order valence-electron chi connectivity index (χ3n) is 5.48. The number of nitrogens with one attached hydrogen (secondary N) is 2. The summed E-state index contributed by atoms with van der Waals surface area (Å²) < 4.78 is 35.2. The van der Waals surface area contributed by atoms with Crippen LogP contribution in [-0.2, 0) is 37.8 Å². The fraction of sp³-hybridized carbons (Fsp3) is 0.308. The standard InChI is InChI=1S/C26H38N4O8P2S2/c1-19(29-39(35)41(17-15-27)21-9-5-3-6-10-21)25(33)37-23(31)13-14-24(32)38-26(34)20(2)30-40(36)42(18-16-28)22-11-7-4-8-12-22/h3-14,19-20,39-42H,15-18,27-28H2,1-2H3,(H,29,35)(H,30,36)/b14-13+/t19-,20-/m0/s1. The fourth-order valence-corrected chi connectivity index (χ4v) is 14.0. The van der Waals surface area contributed by atoms with Crippen LogP contribution in [0.5, 0.6) is 0 Å². The minimum atomic E-state index is -2.49. The van der Waals surface area contributed by atoms with Crippen molar-refractivity contribution in [3.8, 4) is 0 Å². The lowest BCUT2D eigenvalue weighted by atomic mass is 10.4. The van der Waals surface area contributed by atoms with E-state index in [1.54, 1.807) is 0 Å². The molecule has 0 aliphatic heterocycles. The van der Waals surface area contributed by atoms with Crippen molar-refractivity contribution >= 4 is 59.2 Å². The van der Waals surface area contributed by atoms with Gasteiger partial charge in [0, 0.05) is 25.2 Å². The molecule has 12 nitrogen and oxygen atoms in total. The van der Waals surface area contributed by atoms with E-state index in [-0.39, 0.29) is 0 Å². The number of hydrogen-bond acceptors (Lipinski definition) is 10. The molecule has 16 heteroatoms. The van der Waals surface area contributed by atoms with E-state index < -0.39 is 71.3 Å². The number of rotatable bonds is 16. The second-order valence-electron chi connectivity index (χ2n) is 8.71. The SMILES string of the molecule is C[C@H](N[PH](=O)[SH](CCN)c1ccccc1)C(=O)OC(=O)/C=C/C(=O)OC(=O)[C@H](C)N[PH](=O)[SH](CCN)c1ccccc1. The first-order valence-electron chi connectivity index (χ1n) is 12.9. The summed E-state index contributed by atoms with van der Waals surface area (Å²) in [7, 11) is -7.31. The van der Waals surface area contributed by atoms with Gasteiger partial charge in [-0.05, 0) is 59.4 Å². The summed E-state index contributed by atoms with van der Waals surface area (Å²) in [6.45, 7) is 3.42. The van der Waals surface area contributed by atoms with Crippen LogP contribution in [0, 0.1) is 0 Å². The monoisotopic (exact) mass is 660 g/mol. The van der Waals surface area contributed by atoms with Gasteiger partial charge < -0.3 is 20.9 Å². The van der Waals surface area contributed by atoms with Gasteiger partial charge in [-0.3, -0.25) is 9.13 Å². The number of ether oxygens (including phenoxy) is 2. The van der Waals surface area contributed by atoms with Crippen molar-refractivity contribution in [2.45, 2.75) is 35.7 Å². The molecule has 0 amide bonds. The predicted molar refractivity (Wildman–Crippen MR) is 170 cm³/mol. The van der Waals surface area contributed by atoms with Gasteiger partial charge in [-0.1, -0.05) is 36.4 Å². The van der Waals surface area contributed by atoms with Crippen molar-refractivity contribution < 1.29 is 37.8 Å². The van der Waals surface area contributed by atoms with E-state index in [2.05, 4.69) is 19.6 Å². The van der Waals surface area contributed by atoms with Gasteiger partial charge in [0.2, 0.25) is 0 Å². The molecule has 4 unspecified atom stereocenters. The van der Waals surface area contributed by atoms with Crippen LogP contribution in [-0.4, -0.2) is 60.6 Å². The van der Waals surface area contributed by atoms with Crippen LogP contribution in [0.15, 0.2) is 82.6 Å². The average Bonchev–Trinajstić information content (AvgIpc) is 2.98. The van der Waals surface area contributed by atoms with Crippen LogP contribution in [0.1, 0.15) is 13.8 Å². The van der Waals surface area contributed by atoms with Gasteiger partial charge in [0.05, 0.1) is 0 Å². The summed E-state index contributed by atoms with van der Waals surface area (Å²) in [6, 6.07) is 16.2. The molecule has 2 aromatic rings. The zero-order chi connectivity index (χ0) is 31.1. The van der Waals surface area contributed by atoms with E-state index in [1.165, 1.54) is 13.8 Å². The maximum absolute atomic E-state index is 12.9. The fourth-order valence-electron chi connectivity index (χ4n) is 3.39. The Morgan fingerprint density at radius 3 is 1.36 bits per heavy atom. The lowest BCUT2D eigenvalue weighted by Gasteiger charge is -2.23. The van der Waals surface area contributed by atoms with Crippen LogP contribution in [0.4, 0.5) is 0 Å². The van der Waals surface area contributed by atoms with E-state index in [0.717, 1.165) is 9.79 Å². The molecule has 232 valence electrons. The number of carbonyl (C=O) groups excluding carboxylic acids is 4. The number of carbonyl (C=O) groups is 4. The summed E-state index contributed by atoms with van der Waals surface area (Å²) in [6.07, 6.45) is 1.26. The highest BCUT2D eigenvalue weighted by molar-refractivity contribution is 8.62. The maximum Gasteiger partial charge on any atom is 0.338 e. The van der Waals surface area contributed by atoms with Gasteiger partial charge in [-0.15, -0.1) is 0 Å². The molecule has 2 aromatic carbocycles. The van der Waals surface area contributed by atoms with Crippen LogP contribution in [0.3, 0.4) is 0 Å². The smallest absolute Gasteiger partial charge is 0.338 e. The van der Waals surface area contributed by atoms with Crippen LogP contribution in [0.25, 0.3) is 0 Å². The van der Waals surface area contributed by atoms with E-state index in [4.69, 9.17) is 11.5 Å². The third-order valence-corrected chi connectivity index (χ3v) is 17.7. The Labute approximate surface area is 251 Å².